The number of aryl methyl sites for hydroxylation is 1. The molecule has 3 aromatic carbocycles. The van der Waals surface area contributed by atoms with Gasteiger partial charge in [0.2, 0.25) is 17.7 Å². The fourth-order valence-corrected chi connectivity index (χ4v) is 5.22. The number of amides is 3. The summed E-state index contributed by atoms with van der Waals surface area (Å²) in [6.07, 6.45) is 2.57. The molecule has 3 atom stereocenters. The molecule has 0 spiro atoms. The number of hydrogen-bond donors (Lipinski definition) is 3. The second-order valence-electron chi connectivity index (χ2n) is 11.5. The largest absolute Gasteiger partial charge is 0.459 e. The molecule has 0 bridgehead atoms. The molecule has 0 aliphatic heterocycles. The summed E-state index contributed by atoms with van der Waals surface area (Å²) in [7, 11) is 0. The molecular formula is C36H44IN3O5. The van der Waals surface area contributed by atoms with Crippen molar-refractivity contribution in [3.8, 4) is 0 Å². The van der Waals surface area contributed by atoms with Crippen LogP contribution in [0.2, 0.25) is 0 Å². The lowest BCUT2D eigenvalue weighted by molar-refractivity contribution is -0.149. The lowest BCUT2D eigenvalue weighted by atomic mass is 10.00. The molecule has 3 amide bonds. The summed E-state index contributed by atoms with van der Waals surface area (Å²) in [6, 6.07) is 25.8. The molecule has 0 radical (unpaired) electrons. The molecular weight excluding hydrogens is 681 g/mol. The maximum atomic E-state index is 13.7. The minimum atomic E-state index is -0.961. The van der Waals surface area contributed by atoms with E-state index in [2.05, 4.69) is 38.5 Å². The Kier molecular flexibility index (Phi) is 15.6. The molecule has 8 nitrogen and oxygen atoms in total. The zero-order valence-corrected chi connectivity index (χ0v) is 28.2. The van der Waals surface area contributed by atoms with Crippen molar-refractivity contribution in [1.82, 2.24) is 16.0 Å². The number of esters is 1. The van der Waals surface area contributed by atoms with Gasteiger partial charge >= 0.3 is 5.97 Å². The van der Waals surface area contributed by atoms with Crippen LogP contribution in [0.15, 0.2) is 91.0 Å². The number of hydrogen-bond acceptors (Lipinski definition) is 5. The number of carbonyl (C=O) groups is 4. The lowest BCUT2D eigenvalue weighted by Gasteiger charge is -2.26. The number of alkyl halides is 1. The maximum Gasteiger partial charge on any atom is 0.329 e. The van der Waals surface area contributed by atoms with Crippen molar-refractivity contribution in [2.75, 3.05) is 4.43 Å². The summed E-state index contributed by atoms with van der Waals surface area (Å²) < 4.78 is 6.44. The van der Waals surface area contributed by atoms with Crippen molar-refractivity contribution < 1.29 is 23.9 Å². The number of nitrogens with one attached hydrogen (secondary N) is 3. The predicted molar refractivity (Wildman–Crippen MR) is 185 cm³/mol. The Morgan fingerprint density at radius 3 is 1.80 bits per heavy atom. The highest BCUT2D eigenvalue weighted by Crippen LogP contribution is 2.12. The van der Waals surface area contributed by atoms with Gasteiger partial charge in [0.15, 0.2) is 0 Å². The van der Waals surface area contributed by atoms with Gasteiger partial charge in [0, 0.05) is 17.3 Å². The van der Waals surface area contributed by atoms with Crippen molar-refractivity contribution in [3.63, 3.8) is 0 Å². The lowest BCUT2D eigenvalue weighted by Crippen LogP contribution is -2.56. The summed E-state index contributed by atoms with van der Waals surface area (Å²) in [6.45, 7) is 3.99. The molecule has 0 heterocycles. The first-order valence-electron chi connectivity index (χ1n) is 15.5. The molecule has 3 N–H and O–H groups in total. The third-order valence-electron chi connectivity index (χ3n) is 7.20. The number of rotatable bonds is 18. The predicted octanol–water partition coefficient (Wildman–Crippen LogP) is 5.32. The van der Waals surface area contributed by atoms with E-state index in [9.17, 15) is 19.2 Å². The van der Waals surface area contributed by atoms with Crippen LogP contribution in [-0.4, -0.2) is 46.2 Å². The van der Waals surface area contributed by atoms with Gasteiger partial charge in [-0.05, 0) is 48.3 Å². The van der Waals surface area contributed by atoms with Crippen molar-refractivity contribution in [3.05, 3.63) is 108 Å². The van der Waals surface area contributed by atoms with E-state index < -0.39 is 35.9 Å². The Hall–Kier alpha value is -3.73. The summed E-state index contributed by atoms with van der Waals surface area (Å²) in [5.74, 6) is -1.60. The van der Waals surface area contributed by atoms with Crippen LogP contribution in [0.4, 0.5) is 0 Å². The van der Waals surface area contributed by atoms with E-state index in [1.165, 1.54) is 0 Å². The first kappa shape index (κ1) is 35.7. The zero-order valence-electron chi connectivity index (χ0n) is 26.0. The molecule has 0 saturated heterocycles. The second-order valence-corrected chi connectivity index (χ2v) is 12.6. The van der Waals surface area contributed by atoms with Crippen LogP contribution in [0.3, 0.4) is 0 Å². The van der Waals surface area contributed by atoms with Gasteiger partial charge in [0.1, 0.15) is 24.7 Å². The van der Waals surface area contributed by atoms with Crippen LogP contribution in [0.25, 0.3) is 0 Å². The Balaban J connectivity index is 1.75. The van der Waals surface area contributed by atoms with Gasteiger partial charge < -0.3 is 20.7 Å². The molecule has 3 aromatic rings. The van der Waals surface area contributed by atoms with Crippen molar-refractivity contribution >= 4 is 46.3 Å². The molecule has 0 saturated carbocycles. The molecule has 0 aliphatic rings. The van der Waals surface area contributed by atoms with Crippen LogP contribution in [-0.2, 0) is 43.4 Å². The summed E-state index contributed by atoms with van der Waals surface area (Å²) >= 11 is 2.22. The van der Waals surface area contributed by atoms with Gasteiger partial charge in [-0.15, -0.1) is 0 Å². The Morgan fingerprint density at radius 2 is 1.22 bits per heavy atom. The SMILES string of the molecule is CC(C)C[C@H](NC(=O)[C@H](CCc1ccccc1)NC(=O)CCCI)C(=O)N[C@@H](Cc1ccccc1)C(=O)OCc1ccccc1. The molecule has 45 heavy (non-hydrogen) atoms. The van der Waals surface area contributed by atoms with E-state index in [1.807, 2.05) is 105 Å². The minimum absolute atomic E-state index is 0.0691. The molecule has 3 rings (SSSR count). The Bertz CT molecular complexity index is 1340. The molecule has 0 aromatic heterocycles. The highest BCUT2D eigenvalue weighted by Gasteiger charge is 2.31. The Labute approximate surface area is 280 Å². The fraction of sp³-hybridized carbons (Fsp3) is 0.389. The van der Waals surface area contributed by atoms with Gasteiger partial charge in [-0.25, -0.2) is 4.79 Å². The number of ether oxygens (including phenoxy) is 1. The maximum absolute atomic E-state index is 13.7. The third-order valence-corrected chi connectivity index (χ3v) is 7.96. The van der Waals surface area contributed by atoms with Crippen LogP contribution >= 0.6 is 22.6 Å². The minimum Gasteiger partial charge on any atom is -0.459 e. The van der Waals surface area contributed by atoms with Gasteiger partial charge in [0.05, 0.1) is 0 Å². The molecule has 0 fully saturated rings. The smallest absolute Gasteiger partial charge is 0.329 e. The number of carbonyl (C=O) groups excluding carboxylic acids is 4. The monoisotopic (exact) mass is 725 g/mol. The van der Waals surface area contributed by atoms with Crippen molar-refractivity contribution in [1.29, 1.82) is 0 Å². The average molecular weight is 726 g/mol. The highest BCUT2D eigenvalue weighted by molar-refractivity contribution is 14.1. The van der Waals surface area contributed by atoms with Crippen LogP contribution in [0.5, 0.6) is 0 Å². The van der Waals surface area contributed by atoms with E-state index in [-0.39, 0.29) is 24.9 Å². The van der Waals surface area contributed by atoms with Crippen LogP contribution in [0, 0.1) is 5.92 Å². The Morgan fingerprint density at radius 1 is 0.689 bits per heavy atom. The number of halogens is 1. The van der Waals surface area contributed by atoms with E-state index in [4.69, 9.17) is 4.74 Å². The molecule has 9 heteroatoms. The van der Waals surface area contributed by atoms with Crippen LogP contribution < -0.4 is 16.0 Å². The van der Waals surface area contributed by atoms with E-state index >= 15 is 0 Å². The third kappa shape index (κ3) is 13.4. The molecule has 0 aliphatic carbocycles. The van der Waals surface area contributed by atoms with Crippen molar-refractivity contribution in [2.45, 2.75) is 77.1 Å². The summed E-state index contributed by atoms with van der Waals surface area (Å²) in [5, 5.41) is 8.64. The van der Waals surface area contributed by atoms with Gasteiger partial charge in [-0.3, -0.25) is 14.4 Å². The zero-order chi connectivity index (χ0) is 32.4. The first-order chi connectivity index (χ1) is 21.7. The van der Waals surface area contributed by atoms with E-state index in [0.29, 0.717) is 32.1 Å². The van der Waals surface area contributed by atoms with Gasteiger partial charge in [-0.2, -0.15) is 0 Å². The topological polar surface area (TPSA) is 114 Å². The normalized spacial score (nSPS) is 12.9. The molecule has 0 unspecified atom stereocenters. The summed E-state index contributed by atoms with van der Waals surface area (Å²) in [5.41, 5.74) is 2.74. The molecule has 240 valence electrons. The van der Waals surface area contributed by atoms with E-state index in [0.717, 1.165) is 21.1 Å². The second kappa shape index (κ2) is 19.6. The number of benzene rings is 3. The van der Waals surface area contributed by atoms with E-state index in [1.54, 1.807) is 0 Å². The van der Waals surface area contributed by atoms with Crippen molar-refractivity contribution in [2.24, 2.45) is 5.92 Å². The fourth-order valence-electron chi connectivity index (χ4n) is 4.84. The average Bonchev–Trinajstić information content (AvgIpc) is 3.05. The summed E-state index contributed by atoms with van der Waals surface area (Å²) in [4.78, 5) is 53.3. The quantitative estimate of drug-likeness (QED) is 0.0934. The van der Waals surface area contributed by atoms with Gasteiger partial charge in [-0.1, -0.05) is 127 Å². The standard InChI is InChI=1S/C36H44IN3O5/c1-26(2)23-31(39-34(42)30(38-33(41)19-12-22-37)21-20-27-13-6-3-7-14-27)35(43)40-32(24-28-15-8-4-9-16-28)36(44)45-25-29-17-10-5-11-18-29/h3-11,13-18,26,30-32H,12,19-25H2,1-2H3,(H,38,41)(H,39,42)(H,40,43)/t30-,31-,32-/m0/s1. The van der Waals surface area contributed by atoms with Crippen LogP contribution in [0.1, 0.15) is 56.2 Å². The highest BCUT2D eigenvalue weighted by atomic mass is 127. The first-order valence-corrected chi connectivity index (χ1v) is 17.0. The van der Waals surface area contributed by atoms with Gasteiger partial charge in [0.25, 0.3) is 0 Å².